The van der Waals surface area contributed by atoms with Crippen LogP contribution < -0.4 is 5.32 Å². The van der Waals surface area contributed by atoms with Crippen molar-refractivity contribution in [2.24, 2.45) is 7.05 Å². The number of rotatable bonds is 2. The monoisotopic (exact) mass is 255 g/mol. The van der Waals surface area contributed by atoms with Crippen molar-refractivity contribution in [1.82, 2.24) is 15.1 Å². The summed E-state index contributed by atoms with van der Waals surface area (Å²) in [6.07, 6.45) is 4.46. The largest absolute Gasteiger partial charge is 0.309 e. The van der Waals surface area contributed by atoms with E-state index in [2.05, 4.69) is 42.5 Å². The Morgan fingerprint density at radius 3 is 2.79 bits per heavy atom. The Bertz CT molecular complexity index is 592. The molecule has 19 heavy (non-hydrogen) atoms. The summed E-state index contributed by atoms with van der Waals surface area (Å²) in [5.74, 6) is 0. The molecular weight excluding hydrogens is 234 g/mol. The van der Waals surface area contributed by atoms with Crippen molar-refractivity contribution in [2.45, 2.75) is 32.7 Å². The fraction of sp³-hybridized carbons (Fsp3) is 0.438. The first-order chi connectivity index (χ1) is 9.16. The molecular formula is C16H21N3. The number of nitrogens with one attached hydrogen (secondary N) is 1. The van der Waals surface area contributed by atoms with Gasteiger partial charge in [0.2, 0.25) is 0 Å². The predicted molar refractivity (Wildman–Crippen MR) is 78.1 cm³/mol. The molecule has 0 radical (unpaired) electrons. The topological polar surface area (TPSA) is 29.9 Å². The highest BCUT2D eigenvalue weighted by Gasteiger charge is 2.23. The first-order valence-electron chi connectivity index (χ1n) is 6.99. The van der Waals surface area contributed by atoms with Crippen LogP contribution in [0.2, 0.25) is 0 Å². The van der Waals surface area contributed by atoms with Gasteiger partial charge in [-0.3, -0.25) is 4.68 Å². The van der Waals surface area contributed by atoms with Crippen molar-refractivity contribution in [2.75, 3.05) is 6.54 Å². The van der Waals surface area contributed by atoms with E-state index in [0.29, 0.717) is 6.04 Å². The Morgan fingerprint density at radius 1 is 1.26 bits per heavy atom. The normalized spacial score (nSPS) is 19.0. The van der Waals surface area contributed by atoms with Gasteiger partial charge < -0.3 is 5.32 Å². The lowest BCUT2D eigenvalue weighted by molar-refractivity contribution is 0.575. The van der Waals surface area contributed by atoms with Crippen LogP contribution in [-0.2, 0) is 7.05 Å². The maximum Gasteiger partial charge on any atom is 0.0628 e. The Morgan fingerprint density at radius 2 is 2.11 bits per heavy atom. The number of hydrogen-bond donors (Lipinski definition) is 1. The smallest absolute Gasteiger partial charge is 0.0628 e. The van der Waals surface area contributed by atoms with Gasteiger partial charge in [0.05, 0.1) is 11.9 Å². The molecule has 1 atom stereocenters. The first-order valence-corrected chi connectivity index (χ1v) is 6.99. The lowest BCUT2D eigenvalue weighted by atomic mass is 9.98. The highest BCUT2D eigenvalue weighted by Crippen LogP contribution is 2.32. The zero-order chi connectivity index (χ0) is 13.4. The summed E-state index contributed by atoms with van der Waals surface area (Å²) in [6, 6.07) is 7.12. The molecule has 0 amide bonds. The molecule has 0 bridgehead atoms. The van der Waals surface area contributed by atoms with Gasteiger partial charge in [0.15, 0.2) is 0 Å². The predicted octanol–water partition coefficient (Wildman–Crippen LogP) is 3.13. The van der Waals surface area contributed by atoms with Crippen molar-refractivity contribution >= 4 is 0 Å². The quantitative estimate of drug-likeness (QED) is 0.893. The minimum atomic E-state index is 0.448. The number of aryl methyl sites for hydroxylation is 3. The maximum atomic E-state index is 4.47. The van der Waals surface area contributed by atoms with Gasteiger partial charge in [-0.15, -0.1) is 0 Å². The average Bonchev–Trinajstić information content (AvgIpc) is 3.01. The third-order valence-electron chi connectivity index (χ3n) is 4.19. The Balaban J connectivity index is 2.07. The van der Waals surface area contributed by atoms with Crippen molar-refractivity contribution in [3.8, 4) is 11.1 Å². The Labute approximate surface area is 114 Å². The molecule has 3 nitrogen and oxygen atoms in total. The number of aromatic nitrogens is 2. The molecule has 1 saturated heterocycles. The molecule has 100 valence electrons. The molecule has 2 heterocycles. The van der Waals surface area contributed by atoms with Gasteiger partial charge >= 0.3 is 0 Å². The van der Waals surface area contributed by atoms with Gasteiger partial charge in [-0.1, -0.05) is 18.2 Å². The van der Waals surface area contributed by atoms with Crippen LogP contribution in [0.25, 0.3) is 11.1 Å². The molecule has 0 saturated carbocycles. The van der Waals surface area contributed by atoms with Crippen molar-refractivity contribution < 1.29 is 0 Å². The van der Waals surface area contributed by atoms with E-state index < -0.39 is 0 Å². The van der Waals surface area contributed by atoms with Gasteiger partial charge in [-0.25, -0.2) is 0 Å². The minimum absolute atomic E-state index is 0.448. The SMILES string of the molecule is Cc1ccc(-c2cnn(C)c2C2CCCN2)cc1C. The van der Waals surface area contributed by atoms with Crippen LogP contribution in [0, 0.1) is 13.8 Å². The van der Waals surface area contributed by atoms with E-state index in [-0.39, 0.29) is 0 Å². The molecule has 1 unspecified atom stereocenters. The molecule has 1 aromatic carbocycles. The molecule has 0 spiro atoms. The lowest BCUT2D eigenvalue weighted by Crippen LogP contribution is -2.17. The van der Waals surface area contributed by atoms with Crippen molar-refractivity contribution in [1.29, 1.82) is 0 Å². The van der Waals surface area contributed by atoms with E-state index in [9.17, 15) is 0 Å². The van der Waals surface area contributed by atoms with Crippen LogP contribution in [0.5, 0.6) is 0 Å². The summed E-state index contributed by atoms with van der Waals surface area (Å²) in [7, 11) is 2.04. The Hall–Kier alpha value is -1.61. The summed E-state index contributed by atoms with van der Waals surface area (Å²) in [5.41, 5.74) is 6.55. The van der Waals surface area contributed by atoms with Crippen LogP contribution in [0.1, 0.15) is 35.7 Å². The Kier molecular flexibility index (Phi) is 3.15. The molecule has 0 aliphatic carbocycles. The highest BCUT2D eigenvalue weighted by atomic mass is 15.3. The number of hydrogen-bond acceptors (Lipinski definition) is 2. The van der Waals surface area contributed by atoms with Gasteiger partial charge in [0, 0.05) is 18.7 Å². The molecule has 1 fully saturated rings. The fourth-order valence-electron chi connectivity index (χ4n) is 2.91. The van der Waals surface area contributed by atoms with Gasteiger partial charge in [0.25, 0.3) is 0 Å². The molecule has 1 aliphatic heterocycles. The summed E-state index contributed by atoms with van der Waals surface area (Å²) >= 11 is 0. The highest BCUT2D eigenvalue weighted by molar-refractivity contribution is 5.67. The van der Waals surface area contributed by atoms with Crippen LogP contribution in [0.4, 0.5) is 0 Å². The number of nitrogens with zero attached hydrogens (tertiary/aromatic N) is 2. The third kappa shape index (κ3) is 2.19. The van der Waals surface area contributed by atoms with E-state index in [1.807, 2.05) is 17.9 Å². The van der Waals surface area contributed by atoms with Crippen LogP contribution in [-0.4, -0.2) is 16.3 Å². The minimum Gasteiger partial charge on any atom is -0.309 e. The molecule has 1 aromatic heterocycles. The molecule has 1 aliphatic rings. The summed E-state index contributed by atoms with van der Waals surface area (Å²) < 4.78 is 2.02. The summed E-state index contributed by atoms with van der Waals surface area (Å²) in [5, 5.41) is 8.04. The molecule has 2 aromatic rings. The zero-order valence-corrected chi connectivity index (χ0v) is 11.9. The van der Waals surface area contributed by atoms with Crippen molar-refractivity contribution in [3.63, 3.8) is 0 Å². The van der Waals surface area contributed by atoms with E-state index in [4.69, 9.17) is 0 Å². The van der Waals surface area contributed by atoms with Crippen LogP contribution >= 0.6 is 0 Å². The maximum absolute atomic E-state index is 4.47. The molecule has 3 rings (SSSR count). The molecule has 1 N–H and O–H groups in total. The third-order valence-corrected chi connectivity index (χ3v) is 4.19. The lowest BCUT2D eigenvalue weighted by Gasteiger charge is -2.14. The first kappa shape index (κ1) is 12.4. The van der Waals surface area contributed by atoms with Crippen LogP contribution in [0.15, 0.2) is 24.4 Å². The second-order valence-corrected chi connectivity index (χ2v) is 5.52. The van der Waals surface area contributed by atoms with Gasteiger partial charge in [-0.05, 0) is 49.9 Å². The summed E-state index contributed by atoms with van der Waals surface area (Å²) in [6.45, 7) is 5.44. The summed E-state index contributed by atoms with van der Waals surface area (Å²) in [4.78, 5) is 0. The van der Waals surface area contributed by atoms with E-state index in [0.717, 1.165) is 6.54 Å². The second-order valence-electron chi connectivity index (χ2n) is 5.52. The van der Waals surface area contributed by atoms with Crippen LogP contribution in [0.3, 0.4) is 0 Å². The molecule has 3 heteroatoms. The van der Waals surface area contributed by atoms with E-state index in [1.165, 1.54) is 40.8 Å². The second kappa shape index (κ2) is 4.82. The van der Waals surface area contributed by atoms with E-state index in [1.54, 1.807) is 0 Å². The van der Waals surface area contributed by atoms with Crippen molar-refractivity contribution in [3.05, 3.63) is 41.2 Å². The average molecular weight is 255 g/mol. The van der Waals surface area contributed by atoms with Gasteiger partial charge in [0.1, 0.15) is 0 Å². The standard InChI is InChI=1S/C16H21N3/c1-11-6-7-13(9-12(11)2)14-10-18-19(3)16(14)15-5-4-8-17-15/h6-7,9-10,15,17H,4-5,8H2,1-3H3. The van der Waals surface area contributed by atoms with E-state index >= 15 is 0 Å². The fourth-order valence-corrected chi connectivity index (χ4v) is 2.91. The zero-order valence-electron chi connectivity index (χ0n) is 11.9. The van der Waals surface area contributed by atoms with Gasteiger partial charge in [-0.2, -0.15) is 5.10 Å². The number of benzene rings is 1.